The smallest absolute Gasteiger partial charge is 0.343 e. The highest BCUT2D eigenvalue weighted by Gasteiger charge is 2.37. The molecule has 1 rings (SSSR count). The molecular formula is C25H40BrNO6Si. The zero-order valence-corrected chi connectivity index (χ0v) is 24.7. The van der Waals surface area contributed by atoms with Gasteiger partial charge in [-0.15, -0.1) is 0 Å². The first kappa shape index (κ1) is 30.2. The van der Waals surface area contributed by atoms with Crippen LogP contribution in [0.1, 0.15) is 51.9 Å². The summed E-state index contributed by atoms with van der Waals surface area (Å²) < 4.78 is 22.8. The summed E-state index contributed by atoms with van der Waals surface area (Å²) in [5, 5.41) is 3.32. The molecule has 0 amide bonds. The van der Waals surface area contributed by atoms with Gasteiger partial charge in [-0.05, 0) is 53.0 Å². The standard InChI is InChI=1S/C25H40BrNO6Si/c1-11-32-24(29)18(23(28)17-12-19(26)22(31-8)13-21(17)30-7)14-27-20(16(2)3)15-33-34(9,10)25(4,5)6/h12-14,16,20,27H,11,15H2,1-10H3/b18-14+/t20-/m1/s1. The predicted octanol–water partition coefficient (Wildman–Crippen LogP) is 5.73. The van der Waals surface area contributed by atoms with Gasteiger partial charge in [-0.1, -0.05) is 34.6 Å². The number of ketones is 1. The van der Waals surface area contributed by atoms with Gasteiger partial charge in [0.2, 0.25) is 5.78 Å². The summed E-state index contributed by atoms with van der Waals surface area (Å²) in [6.07, 6.45) is 1.44. The third kappa shape index (κ3) is 7.85. The normalized spacial score (nSPS) is 13.5. The molecule has 0 heterocycles. The van der Waals surface area contributed by atoms with Crippen molar-refractivity contribution in [3.05, 3.63) is 33.9 Å². The average molecular weight is 559 g/mol. The van der Waals surface area contributed by atoms with E-state index in [-0.39, 0.29) is 34.7 Å². The fraction of sp³-hybridized carbons (Fsp3) is 0.600. The summed E-state index contributed by atoms with van der Waals surface area (Å²) in [5.74, 6) is -0.220. The van der Waals surface area contributed by atoms with Crippen LogP contribution in [0.3, 0.4) is 0 Å². The van der Waals surface area contributed by atoms with Gasteiger partial charge in [-0.2, -0.15) is 0 Å². The monoisotopic (exact) mass is 557 g/mol. The first-order valence-electron chi connectivity index (χ1n) is 11.4. The third-order valence-corrected chi connectivity index (χ3v) is 11.3. The molecule has 192 valence electrons. The number of hydrogen-bond acceptors (Lipinski definition) is 7. The molecular weight excluding hydrogens is 518 g/mol. The van der Waals surface area contributed by atoms with E-state index in [1.54, 1.807) is 19.1 Å². The maximum atomic E-state index is 13.4. The molecule has 0 bridgehead atoms. The molecule has 0 aliphatic rings. The molecule has 1 aromatic carbocycles. The van der Waals surface area contributed by atoms with E-state index < -0.39 is 20.1 Å². The summed E-state index contributed by atoms with van der Waals surface area (Å²) in [5.41, 5.74) is 0.102. The molecule has 0 aromatic heterocycles. The number of Topliss-reactive ketones (excluding diaryl/α,β-unsaturated/α-hetero) is 1. The number of ether oxygens (including phenoxy) is 3. The summed E-state index contributed by atoms with van der Waals surface area (Å²) in [4.78, 5) is 26.2. The van der Waals surface area contributed by atoms with Gasteiger partial charge in [0.05, 0.1) is 37.5 Å². The maximum absolute atomic E-state index is 13.4. The molecule has 1 aromatic rings. The lowest BCUT2D eigenvalue weighted by molar-refractivity contribution is -0.138. The molecule has 0 aliphatic carbocycles. The van der Waals surface area contributed by atoms with Gasteiger partial charge < -0.3 is 24.0 Å². The van der Waals surface area contributed by atoms with Gasteiger partial charge in [0.15, 0.2) is 8.32 Å². The topological polar surface area (TPSA) is 83.1 Å². The molecule has 34 heavy (non-hydrogen) atoms. The quantitative estimate of drug-likeness (QED) is 0.0876. The number of nitrogens with one attached hydrogen (secondary N) is 1. The van der Waals surface area contributed by atoms with Crippen LogP contribution in [0.5, 0.6) is 11.5 Å². The second kappa shape index (κ2) is 12.7. The van der Waals surface area contributed by atoms with Crippen molar-refractivity contribution in [2.24, 2.45) is 5.92 Å². The molecule has 0 radical (unpaired) electrons. The third-order valence-electron chi connectivity index (χ3n) is 6.13. The maximum Gasteiger partial charge on any atom is 0.343 e. The van der Waals surface area contributed by atoms with Crippen molar-refractivity contribution in [3.8, 4) is 11.5 Å². The Labute approximate surface area is 213 Å². The van der Waals surface area contributed by atoms with Crippen molar-refractivity contribution in [2.75, 3.05) is 27.4 Å². The zero-order chi connectivity index (χ0) is 26.3. The van der Waals surface area contributed by atoms with Crippen LogP contribution in [0.2, 0.25) is 18.1 Å². The first-order valence-corrected chi connectivity index (χ1v) is 15.1. The molecule has 0 saturated carbocycles. The van der Waals surface area contributed by atoms with E-state index in [0.29, 0.717) is 22.6 Å². The SMILES string of the molecule is CCOC(=O)/C(=C/N[C@H](CO[Si](C)(C)C(C)(C)C)C(C)C)C(=O)c1cc(Br)c(OC)cc1OC. The Morgan fingerprint density at radius 2 is 1.71 bits per heavy atom. The highest BCUT2D eigenvalue weighted by molar-refractivity contribution is 9.10. The Hall–Kier alpha value is -1.84. The van der Waals surface area contributed by atoms with Crippen LogP contribution in [0.25, 0.3) is 0 Å². The Morgan fingerprint density at radius 3 is 2.18 bits per heavy atom. The zero-order valence-electron chi connectivity index (χ0n) is 22.1. The van der Waals surface area contributed by atoms with Crippen molar-refractivity contribution < 1.29 is 28.2 Å². The van der Waals surface area contributed by atoms with Crippen molar-refractivity contribution in [1.82, 2.24) is 5.32 Å². The van der Waals surface area contributed by atoms with E-state index in [2.05, 4.69) is 69.0 Å². The lowest BCUT2D eigenvalue weighted by Gasteiger charge is -2.38. The van der Waals surface area contributed by atoms with Gasteiger partial charge >= 0.3 is 5.97 Å². The largest absolute Gasteiger partial charge is 0.496 e. The lowest BCUT2D eigenvalue weighted by Crippen LogP contribution is -2.45. The molecule has 9 heteroatoms. The fourth-order valence-corrected chi connectivity index (χ4v) is 4.28. The highest BCUT2D eigenvalue weighted by atomic mass is 79.9. The van der Waals surface area contributed by atoms with Crippen molar-refractivity contribution in [2.45, 2.75) is 65.7 Å². The number of benzene rings is 1. The summed E-state index contributed by atoms with van der Waals surface area (Å²) in [7, 11) is 1.02. The minimum atomic E-state index is -1.96. The van der Waals surface area contributed by atoms with Crippen molar-refractivity contribution >= 4 is 36.0 Å². The number of carbonyl (C=O) groups is 2. The Morgan fingerprint density at radius 1 is 1.12 bits per heavy atom. The van der Waals surface area contributed by atoms with Crippen LogP contribution in [0.4, 0.5) is 0 Å². The van der Waals surface area contributed by atoms with E-state index in [9.17, 15) is 9.59 Å². The lowest BCUT2D eigenvalue weighted by atomic mass is 10.0. The van der Waals surface area contributed by atoms with E-state index >= 15 is 0 Å². The first-order chi connectivity index (χ1) is 15.7. The van der Waals surface area contributed by atoms with Crippen molar-refractivity contribution in [3.63, 3.8) is 0 Å². The van der Waals surface area contributed by atoms with Gasteiger partial charge in [0, 0.05) is 18.3 Å². The van der Waals surface area contributed by atoms with Crippen LogP contribution >= 0.6 is 15.9 Å². The molecule has 7 nitrogen and oxygen atoms in total. The second-order valence-electron chi connectivity index (χ2n) is 9.88. The van der Waals surface area contributed by atoms with E-state index in [0.717, 1.165) is 0 Å². The molecule has 1 atom stereocenters. The minimum absolute atomic E-state index is 0.0781. The minimum Gasteiger partial charge on any atom is -0.496 e. The number of hydrogen-bond donors (Lipinski definition) is 1. The summed E-state index contributed by atoms with van der Waals surface area (Å²) in [6.45, 7) is 17.4. The highest BCUT2D eigenvalue weighted by Crippen LogP contribution is 2.37. The van der Waals surface area contributed by atoms with Gasteiger partial charge in [0.25, 0.3) is 0 Å². The molecule has 0 saturated heterocycles. The Kier molecular flexibility index (Phi) is 11.3. The van der Waals surface area contributed by atoms with Crippen molar-refractivity contribution in [1.29, 1.82) is 0 Å². The molecule has 1 N–H and O–H groups in total. The van der Waals surface area contributed by atoms with E-state index in [4.69, 9.17) is 18.6 Å². The number of rotatable bonds is 12. The number of carbonyl (C=O) groups excluding carboxylic acids is 2. The van der Waals surface area contributed by atoms with Crippen LogP contribution in [-0.2, 0) is 14.0 Å². The second-order valence-corrected chi connectivity index (χ2v) is 15.5. The fourth-order valence-electron chi connectivity index (χ4n) is 2.75. The van der Waals surface area contributed by atoms with E-state index in [1.165, 1.54) is 20.4 Å². The average Bonchev–Trinajstić information content (AvgIpc) is 2.74. The Bertz CT molecular complexity index is 892. The molecule has 0 fully saturated rings. The van der Waals surface area contributed by atoms with Crippen LogP contribution in [-0.4, -0.2) is 53.5 Å². The molecule has 0 aliphatic heterocycles. The van der Waals surface area contributed by atoms with Crippen LogP contribution in [0.15, 0.2) is 28.4 Å². The van der Waals surface area contributed by atoms with Gasteiger partial charge in [-0.25, -0.2) is 4.79 Å². The van der Waals surface area contributed by atoms with E-state index in [1.807, 2.05) is 0 Å². The number of esters is 1. The Balaban J connectivity index is 3.31. The van der Waals surface area contributed by atoms with Gasteiger partial charge in [0.1, 0.15) is 17.1 Å². The molecule has 0 unspecified atom stereocenters. The van der Waals surface area contributed by atoms with Crippen LogP contribution < -0.4 is 14.8 Å². The number of methoxy groups -OCH3 is 2. The number of halogens is 1. The summed E-state index contributed by atoms with van der Waals surface area (Å²) >= 11 is 3.40. The van der Waals surface area contributed by atoms with Crippen LogP contribution in [0, 0.1) is 5.92 Å². The predicted molar refractivity (Wildman–Crippen MR) is 141 cm³/mol. The summed E-state index contributed by atoms with van der Waals surface area (Å²) in [6, 6.07) is 3.07. The molecule has 0 spiro atoms. The van der Waals surface area contributed by atoms with Gasteiger partial charge in [-0.3, -0.25) is 4.79 Å².